The molecule has 2 rings (SSSR count). The summed E-state index contributed by atoms with van der Waals surface area (Å²) in [6.45, 7) is 12.5. The van der Waals surface area contributed by atoms with Crippen LogP contribution >= 0.6 is 15.9 Å². The first-order valence-electron chi connectivity index (χ1n) is 7.62. The minimum absolute atomic E-state index is 0.310. The number of nitrogens with one attached hydrogen (secondary N) is 1. The molecular weight excluding hydrogens is 312 g/mol. The monoisotopic (exact) mass is 338 g/mol. The number of rotatable bonds is 3. The molecule has 0 radical (unpaired) electrons. The van der Waals surface area contributed by atoms with Gasteiger partial charge in [-0.2, -0.15) is 0 Å². The van der Waals surface area contributed by atoms with Gasteiger partial charge in [0, 0.05) is 36.2 Å². The van der Waals surface area contributed by atoms with E-state index in [2.05, 4.69) is 78.1 Å². The van der Waals surface area contributed by atoms with E-state index in [4.69, 9.17) is 0 Å². The lowest BCUT2D eigenvalue weighted by Crippen LogP contribution is -2.59. The molecule has 1 aliphatic rings. The molecule has 1 saturated heterocycles. The van der Waals surface area contributed by atoms with Crippen molar-refractivity contribution in [1.29, 1.82) is 0 Å². The summed E-state index contributed by atoms with van der Waals surface area (Å²) in [5.41, 5.74) is 1.70. The van der Waals surface area contributed by atoms with Crippen molar-refractivity contribution in [3.05, 3.63) is 34.3 Å². The Kier molecular flexibility index (Phi) is 5.27. The fourth-order valence-corrected chi connectivity index (χ4v) is 3.29. The van der Waals surface area contributed by atoms with Gasteiger partial charge in [0.15, 0.2) is 0 Å². The SMILES string of the molecule is CCC1CNC(C(C)(C)C)CN1Cc1ccccc1Br. The van der Waals surface area contributed by atoms with E-state index in [0.717, 1.165) is 19.6 Å². The van der Waals surface area contributed by atoms with Crippen LogP contribution in [0.1, 0.15) is 39.7 Å². The second-order valence-electron chi connectivity index (χ2n) is 6.91. The maximum absolute atomic E-state index is 3.74. The number of piperazine rings is 1. The van der Waals surface area contributed by atoms with Crippen LogP contribution in [0.3, 0.4) is 0 Å². The van der Waals surface area contributed by atoms with E-state index in [1.54, 1.807) is 0 Å². The molecule has 3 heteroatoms. The van der Waals surface area contributed by atoms with Crippen LogP contribution < -0.4 is 5.32 Å². The first kappa shape index (κ1) is 16.0. The molecule has 1 fully saturated rings. The molecule has 1 aliphatic heterocycles. The molecule has 0 aliphatic carbocycles. The number of halogens is 1. The van der Waals surface area contributed by atoms with Crippen molar-refractivity contribution in [2.75, 3.05) is 13.1 Å². The van der Waals surface area contributed by atoms with Gasteiger partial charge in [-0.3, -0.25) is 4.90 Å². The van der Waals surface area contributed by atoms with Crippen molar-refractivity contribution in [2.24, 2.45) is 5.41 Å². The normalized spacial score (nSPS) is 24.9. The van der Waals surface area contributed by atoms with Crippen LogP contribution in [0.4, 0.5) is 0 Å². The minimum Gasteiger partial charge on any atom is -0.311 e. The van der Waals surface area contributed by atoms with E-state index in [9.17, 15) is 0 Å². The van der Waals surface area contributed by atoms with Crippen molar-refractivity contribution in [2.45, 2.75) is 52.7 Å². The van der Waals surface area contributed by atoms with Gasteiger partial charge in [-0.05, 0) is 23.5 Å². The second kappa shape index (κ2) is 6.59. The van der Waals surface area contributed by atoms with Gasteiger partial charge in [0.05, 0.1) is 0 Å². The topological polar surface area (TPSA) is 15.3 Å². The summed E-state index contributed by atoms with van der Waals surface area (Å²) in [4.78, 5) is 2.65. The van der Waals surface area contributed by atoms with Crippen molar-refractivity contribution in [1.82, 2.24) is 10.2 Å². The number of nitrogens with zero attached hydrogens (tertiary/aromatic N) is 1. The highest BCUT2D eigenvalue weighted by atomic mass is 79.9. The molecule has 0 amide bonds. The van der Waals surface area contributed by atoms with Crippen LogP contribution in [-0.2, 0) is 6.54 Å². The predicted octanol–water partition coefficient (Wildman–Crippen LogP) is 4.05. The zero-order valence-electron chi connectivity index (χ0n) is 13.1. The highest BCUT2D eigenvalue weighted by molar-refractivity contribution is 9.10. The fourth-order valence-electron chi connectivity index (χ4n) is 2.88. The Morgan fingerprint density at radius 1 is 1.30 bits per heavy atom. The first-order chi connectivity index (χ1) is 9.41. The van der Waals surface area contributed by atoms with Crippen molar-refractivity contribution in [3.8, 4) is 0 Å². The third-order valence-electron chi connectivity index (χ3n) is 4.38. The third-order valence-corrected chi connectivity index (χ3v) is 5.15. The van der Waals surface area contributed by atoms with Gasteiger partial charge in [0.25, 0.3) is 0 Å². The van der Waals surface area contributed by atoms with E-state index in [-0.39, 0.29) is 0 Å². The van der Waals surface area contributed by atoms with Gasteiger partial charge in [-0.1, -0.05) is 61.8 Å². The molecule has 2 unspecified atom stereocenters. The zero-order chi connectivity index (χ0) is 14.8. The molecule has 1 N–H and O–H groups in total. The summed E-state index contributed by atoms with van der Waals surface area (Å²) >= 11 is 3.68. The summed E-state index contributed by atoms with van der Waals surface area (Å²) in [7, 11) is 0. The minimum atomic E-state index is 0.310. The van der Waals surface area contributed by atoms with E-state index in [1.165, 1.54) is 16.5 Å². The van der Waals surface area contributed by atoms with Crippen molar-refractivity contribution < 1.29 is 0 Å². The second-order valence-corrected chi connectivity index (χ2v) is 7.76. The summed E-state index contributed by atoms with van der Waals surface area (Å²) in [6, 6.07) is 9.78. The third kappa shape index (κ3) is 3.84. The van der Waals surface area contributed by atoms with Crippen LogP contribution in [0.25, 0.3) is 0 Å². The number of hydrogen-bond acceptors (Lipinski definition) is 2. The molecule has 1 heterocycles. The largest absolute Gasteiger partial charge is 0.311 e. The Morgan fingerprint density at radius 2 is 2.00 bits per heavy atom. The number of benzene rings is 1. The quantitative estimate of drug-likeness (QED) is 0.894. The predicted molar refractivity (Wildman–Crippen MR) is 89.9 cm³/mol. The van der Waals surface area contributed by atoms with Crippen molar-refractivity contribution >= 4 is 15.9 Å². The van der Waals surface area contributed by atoms with Gasteiger partial charge in [0.2, 0.25) is 0 Å². The van der Waals surface area contributed by atoms with E-state index in [1.807, 2.05) is 0 Å². The molecule has 2 nitrogen and oxygen atoms in total. The van der Waals surface area contributed by atoms with Gasteiger partial charge in [0.1, 0.15) is 0 Å². The first-order valence-corrected chi connectivity index (χ1v) is 8.42. The molecule has 20 heavy (non-hydrogen) atoms. The Labute approximate surface area is 132 Å². The average molecular weight is 339 g/mol. The zero-order valence-corrected chi connectivity index (χ0v) is 14.7. The molecule has 1 aromatic rings. The van der Waals surface area contributed by atoms with Crippen LogP contribution in [-0.4, -0.2) is 30.1 Å². The molecule has 2 atom stereocenters. The lowest BCUT2D eigenvalue weighted by Gasteiger charge is -2.45. The lowest BCUT2D eigenvalue weighted by molar-refractivity contribution is 0.0773. The van der Waals surface area contributed by atoms with E-state index in [0.29, 0.717) is 17.5 Å². The Hall–Kier alpha value is -0.380. The van der Waals surface area contributed by atoms with Gasteiger partial charge in [-0.25, -0.2) is 0 Å². The standard InChI is InChI=1S/C17H27BrN2/c1-5-14-10-19-16(17(2,3)4)12-20(14)11-13-8-6-7-9-15(13)18/h6-9,14,16,19H,5,10-12H2,1-4H3. The Balaban J connectivity index is 2.12. The smallest absolute Gasteiger partial charge is 0.0249 e. The summed E-state index contributed by atoms with van der Waals surface area (Å²) in [5.74, 6) is 0. The molecule has 0 saturated carbocycles. The molecule has 0 bridgehead atoms. The number of hydrogen-bond donors (Lipinski definition) is 1. The summed E-state index contributed by atoms with van der Waals surface area (Å²) < 4.78 is 1.22. The molecule has 112 valence electrons. The van der Waals surface area contributed by atoms with Crippen LogP contribution in [0, 0.1) is 5.41 Å². The molecule has 0 spiro atoms. The van der Waals surface area contributed by atoms with Gasteiger partial charge < -0.3 is 5.32 Å². The van der Waals surface area contributed by atoms with E-state index < -0.39 is 0 Å². The van der Waals surface area contributed by atoms with Crippen molar-refractivity contribution in [3.63, 3.8) is 0 Å². The maximum Gasteiger partial charge on any atom is 0.0249 e. The highest BCUT2D eigenvalue weighted by Crippen LogP contribution is 2.26. The highest BCUT2D eigenvalue weighted by Gasteiger charge is 2.33. The van der Waals surface area contributed by atoms with Gasteiger partial charge >= 0.3 is 0 Å². The molecular formula is C17H27BrN2. The van der Waals surface area contributed by atoms with Crippen LogP contribution in [0.15, 0.2) is 28.7 Å². The lowest BCUT2D eigenvalue weighted by atomic mass is 9.84. The molecule has 1 aromatic carbocycles. The Bertz CT molecular complexity index is 439. The fraction of sp³-hybridized carbons (Fsp3) is 0.647. The van der Waals surface area contributed by atoms with Crippen LogP contribution in [0.5, 0.6) is 0 Å². The summed E-state index contributed by atoms with van der Waals surface area (Å²) in [6.07, 6.45) is 1.20. The van der Waals surface area contributed by atoms with Gasteiger partial charge in [-0.15, -0.1) is 0 Å². The Morgan fingerprint density at radius 3 is 2.60 bits per heavy atom. The maximum atomic E-state index is 3.74. The van der Waals surface area contributed by atoms with Crippen LogP contribution in [0.2, 0.25) is 0 Å². The molecule has 0 aromatic heterocycles. The van der Waals surface area contributed by atoms with E-state index >= 15 is 0 Å². The summed E-state index contributed by atoms with van der Waals surface area (Å²) in [5, 5.41) is 3.74. The average Bonchev–Trinajstić information content (AvgIpc) is 2.40.